The lowest BCUT2D eigenvalue weighted by molar-refractivity contribution is -0.142. The van der Waals surface area contributed by atoms with Crippen molar-refractivity contribution in [3.05, 3.63) is 45.1 Å². The third kappa shape index (κ3) is 4.03. The van der Waals surface area contributed by atoms with Gasteiger partial charge in [0, 0.05) is 30.5 Å². The van der Waals surface area contributed by atoms with E-state index >= 15 is 0 Å². The number of rotatable bonds is 5. The first-order valence-electron chi connectivity index (χ1n) is 8.50. The van der Waals surface area contributed by atoms with Crippen molar-refractivity contribution in [3.8, 4) is 0 Å². The molecule has 11 heteroatoms. The van der Waals surface area contributed by atoms with E-state index in [0.717, 1.165) is 21.9 Å². The van der Waals surface area contributed by atoms with E-state index < -0.39 is 17.8 Å². The minimum atomic E-state index is -4.60. The molecule has 7 nitrogen and oxygen atoms in total. The molecule has 0 aliphatic rings. The molecule has 0 unspecified atom stereocenters. The molecule has 0 aromatic carbocycles. The van der Waals surface area contributed by atoms with Crippen molar-refractivity contribution in [2.75, 3.05) is 6.54 Å². The van der Waals surface area contributed by atoms with Gasteiger partial charge in [-0.1, -0.05) is 0 Å². The van der Waals surface area contributed by atoms with Crippen molar-refractivity contribution in [2.45, 2.75) is 39.9 Å². The van der Waals surface area contributed by atoms with Crippen LogP contribution >= 0.6 is 15.9 Å². The normalized spacial score (nSPS) is 12.0. The molecule has 3 aromatic rings. The van der Waals surface area contributed by atoms with E-state index in [0.29, 0.717) is 24.0 Å². The molecule has 0 aliphatic carbocycles. The second-order valence-electron chi connectivity index (χ2n) is 6.40. The van der Waals surface area contributed by atoms with E-state index in [1.165, 1.54) is 13.0 Å². The predicted molar refractivity (Wildman–Crippen MR) is 99.1 cm³/mol. The number of amides is 1. The van der Waals surface area contributed by atoms with Gasteiger partial charge in [-0.3, -0.25) is 9.48 Å². The van der Waals surface area contributed by atoms with Crippen LogP contribution < -0.4 is 5.32 Å². The maximum absolute atomic E-state index is 13.2. The Balaban J connectivity index is 1.67. The fourth-order valence-corrected chi connectivity index (χ4v) is 3.11. The molecule has 0 aliphatic heterocycles. The number of hydrogen-bond acceptors (Lipinski definition) is 4. The molecule has 0 radical (unpaired) electrons. The van der Waals surface area contributed by atoms with Crippen LogP contribution in [0.5, 0.6) is 0 Å². The zero-order valence-corrected chi connectivity index (χ0v) is 17.0. The Morgan fingerprint density at radius 1 is 1.21 bits per heavy atom. The highest BCUT2D eigenvalue weighted by Gasteiger charge is 2.35. The first kappa shape index (κ1) is 20.3. The van der Waals surface area contributed by atoms with E-state index in [1.54, 1.807) is 0 Å². The number of hydrogen-bond donors (Lipinski definition) is 1. The number of halogens is 4. The fraction of sp³-hybridized carbons (Fsp3) is 0.412. The standard InChI is InChI=1S/C17H18BrF3N6O/c1-9-7-13(17(19,20)21)27-14(23-9)8-12(25-27)16(28)22-5-4-6-26-11(3)15(18)10(2)24-26/h7-8H,4-6H2,1-3H3,(H,22,28). The number of aryl methyl sites for hydroxylation is 3. The van der Waals surface area contributed by atoms with E-state index in [2.05, 4.69) is 36.4 Å². The molecule has 0 atom stereocenters. The summed E-state index contributed by atoms with van der Waals surface area (Å²) >= 11 is 3.45. The zero-order chi connectivity index (χ0) is 20.6. The third-order valence-electron chi connectivity index (χ3n) is 4.20. The molecule has 0 saturated carbocycles. The summed E-state index contributed by atoms with van der Waals surface area (Å²) in [5.41, 5.74) is 0.967. The highest BCUT2D eigenvalue weighted by molar-refractivity contribution is 9.10. The number of nitrogens with zero attached hydrogens (tertiary/aromatic N) is 5. The molecule has 3 aromatic heterocycles. The lowest BCUT2D eigenvalue weighted by Crippen LogP contribution is -2.26. The molecule has 1 amide bonds. The van der Waals surface area contributed by atoms with Gasteiger partial charge >= 0.3 is 6.18 Å². The summed E-state index contributed by atoms with van der Waals surface area (Å²) < 4.78 is 43.0. The second-order valence-corrected chi connectivity index (χ2v) is 7.19. The van der Waals surface area contributed by atoms with Crippen LogP contribution in [0.4, 0.5) is 13.2 Å². The van der Waals surface area contributed by atoms with Crippen LogP contribution in [0, 0.1) is 20.8 Å². The van der Waals surface area contributed by atoms with Crippen LogP contribution in [0.1, 0.15) is 39.7 Å². The lowest BCUT2D eigenvalue weighted by Gasteiger charge is -2.09. The average molecular weight is 459 g/mol. The maximum Gasteiger partial charge on any atom is 0.433 e. The number of fused-ring (bicyclic) bond motifs is 1. The van der Waals surface area contributed by atoms with Crippen LogP contribution in [0.15, 0.2) is 16.6 Å². The van der Waals surface area contributed by atoms with Crippen LogP contribution in [-0.4, -0.2) is 36.8 Å². The highest BCUT2D eigenvalue weighted by Crippen LogP contribution is 2.29. The number of nitrogens with one attached hydrogen (secondary N) is 1. The fourth-order valence-electron chi connectivity index (χ4n) is 2.83. The van der Waals surface area contributed by atoms with Crippen LogP contribution in [-0.2, 0) is 12.7 Å². The number of alkyl halides is 3. The van der Waals surface area contributed by atoms with E-state index in [4.69, 9.17) is 0 Å². The summed E-state index contributed by atoms with van der Waals surface area (Å²) in [5.74, 6) is -0.550. The van der Waals surface area contributed by atoms with Crippen molar-refractivity contribution in [2.24, 2.45) is 0 Å². The van der Waals surface area contributed by atoms with E-state index in [-0.39, 0.29) is 17.0 Å². The van der Waals surface area contributed by atoms with Crippen molar-refractivity contribution in [3.63, 3.8) is 0 Å². The summed E-state index contributed by atoms with van der Waals surface area (Å²) in [7, 11) is 0. The molecule has 0 fully saturated rings. The van der Waals surface area contributed by atoms with Gasteiger partial charge < -0.3 is 5.32 Å². The van der Waals surface area contributed by atoms with E-state index in [1.807, 2.05) is 18.5 Å². The number of aromatic nitrogens is 5. The Bertz CT molecular complexity index is 1040. The molecule has 0 saturated heterocycles. The lowest BCUT2D eigenvalue weighted by atomic mass is 10.3. The van der Waals surface area contributed by atoms with Gasteiger partial charge in [-0.2, -0.15) is 23.4 Å². The molecule has 0 spiro atoms. The Morgan fingerprint density at radius 3 is 2.54 bits per heavy atom. The Morgan fingerprint density at radius 2 is 1.93 bits per heavy atom. The van der Waals surface area contributed by atoms with E-state index in [9.17, 15) is 18.0 Å². The van der Waals surface area contributed by atoms with Crippen molar-refractivity contribution < 1.29 is 18.0 Å². The molecule has 0 bridgehead atoms. The SMILES string of the molecule is Cc1cc(C(F)(F)F)n2nc(C(=O)NCCCn3nc(C)c(Br)c3C)cc2n1. The Labute approximate surface area is 167 Å². The van der Waals surface area contributed by atoms with Crippen LogP contribution in [0.3, 0.4) is 0 Å². The third-order valence-corrected chi connectivity index (χ3v) is 5.35. The molecule has 3 heterocycles. The summed E-state index contributed by atoms with van der Waals surface area (Å²) in [6.07, 6.45) is -3.99. The first-order valence-corrected chi connectivity index (χ1v) is 9.29. The smallest absolute Gasteiger partial charge is 0.351 e. The van der Waals surface area contributed by atoms with Crippen LogP contribution in [0.25, 0.3) is 5.65 Å². The summed E-state index contributed by atoms with van der Waals surface area (Å²) in [4.78, 5) is 16.3. The quantitative estimate of drug-likeness (QED) is 0.594. The van der Waals surface area contributed by atoms with Gasteiger partial charge in [0.1, 0.15) is 5.69 Å². The van der Waals surface area contributed by atoms with Gasteiger partial charge in [0.25, 0.3) is 5.91 Å². The second kappa shape index (κ2) is 7.53. The van der Waals surface area contributed by atoms with Crippen LogP contribution in [0.2, 0.25) is 0 Å². The minimum Gasteiger partial charge on any atom is -0.351 e. The maximum atomic E-state index is 13.2. The summed E-state index contributed by atoms with van der Waals surface area (Å²) in [6, 6.07) is 2.14. The molecular weight excluding hydrogens is 441 g/mol. The molecule has 28 heavy (non-hydrogen) atoms. The molecule has 1 N–H and O–H groups in total. The van der Waals surface area contributed by atoms with Crippen molar-refractivity contribution in [1.29, 1.82) is 0 Å². The summed E-state index contributed by atoms with van der Waals surface area (Å²) in [6.45, 7) is 6.22. The molecule has 3 rings (SSSR count). The first-order chi connectivity index (χ1) is 13.1. The predicted octanol–water partition coefficient (Wildman–Crippen LogP) is 3.45. The Hall–Kier alpha value is -2.43. The summed E-state index contributed by atoms with van der Waals surface area (Å²) in [5, 5.41) is 10.8. The molecule has 150 valence electrons. The largest absolute Gasteiger partial charge is 0.433 e. The Kier molecular flexibility index (Phi) is 5.46. The van der Waals surface area contributed by atoms with Gasteiger partial charge in [0.15, 0.2) is 11.3 Å². The van der Waals surface area contributed by atoms with Gasteiger partial charge in [-0.25, -0.2) is 9.50 Å². The monoisotopic (exact) mass is 458 g/mol. The number of carbonyl (C=O) groups is 1. The van der Waals surface area contributed by atoms with Gasteiger partial charge in [0.2, 0.25) is 0 Å². The molecular formula is C17H18BrF3N6O. The highest BCUT2D eigenvalue weighted by atomic mass is 79.9. The van der Waals surface area contributed by atoms with Gasteiger partial charge in [-0.05, 0) is 49.2 Å². The van der Waals surface area contributed by atoms with Crippen molar-refractivity contribution in [1.82, 2.24) is 29.7 Å². The van der Waals surface area contributed by atoms with Crippen molar-refractivity contribution >= 4 is 27.5 Å². The average Bonchev–Trinajstić information content (AvgIpc) is 3.13. The van der Waals surface area contributed by atoms with Gasteiger partial charge in [0.05, 0.1) is 10.2 Å². The minimum absolute atomic E-state index is 0.0232. The topological polar surface area (TPSA) is 77.1 Å². The zero-order valence-electron chi connectivity index (χ0n) is 15.4. The number of carbonyl (C=O) groups excluding carboxylic acids is 1. The van der Waals surface area contributed by atoms with Gasteiger partial charge in [-0.15, -0.1) is 0 Å².